The normalized spacial score (nSPS) is 20.1. The number of amides is 1. The van der Waals surface area contributed by atoms with Crippen LogP contribution in [0.4, 0.5) is 15.8 Å². The van der Waals surface area contributed by atoms with E-state index in [1.165, 1.54) is 30.5 Å². The van der Waals surface area contributed by atoms with Crippen molar-refractivity contribution in [1.29, 1.82) is 0 Å². The Balaban J connectivity index is 1.53. The Hall–Kier alpha value is -2.62. The molecule has 1 saturated heterocycles. The van der Waals surface area contributed by atoms with Crippen LogP contribution in [0.25, 0.3) is 10.4 Å². The number of sulfonamides is 1. The quantitative estimate of drug-likeness (QED) is 0.414. The lowest BCUT2D eigenvalue weighted by atomic mass is 10.1. The zero-order valence-electron chi connectivity index (χ0n) is 18.9. The second-order valence-corrected chi connectivity index (χ2v) is 13.1. The van der Waals surface area contributed by atoms with Gasteiger partial charge in [0, 0.05) is 24.6 Å². The summed E-state index contributed by atoms with van der Waals surface area (Å²) in [5.74, 6) is -1.24. The smallest absolute Gasteiger partial charge is 0.280 e. The van der Waals surface area contributed by atoms with Crippen LogP contribution in [0, 0.1) is 5.82 Å². The summed E-state index contributed by atoms with van der Waals surface area (Å²) in [5, 5.41) is 2.87. The van der Waals surface area contributed by atoms with Gasteiger partial charge >= 0.3 is 0 Å². The number of halogens is 2. The Morgan fingerprint density at radius 3 is 2.53 bits per heavy atom. The Kier molecular flexibility index (Phi) is 7.37. The lowest BCUT2D eigenvalue weighted by Crippen LogP contribution is -2.55. The molecule has 2 atom stereocenters. The molecule has 2 heterocycles. The predicted molar refractivity (Wildman–Crippen MR) is 137 cm³/mol. The summed E-state index contributed by atoms with van der Waals surface area (Å²) in [4.78, 5) is 18.0. The number of likely N-dealkylation sites (N-methyl/N-ethyl adjacent to an activating group) is 1. The number of aromatic nitrogens is 1. The molecular weight excluding hydrogens is 553 g/mol. The lowest BCUT2D eigenvalue weighted by molar-refractivity contribution is -0.120. The van der Waals surface area contributed by atoms with E-state index in [1.807, 2.05) is 0 Å². The molecule has 192 valence electrons. The summed E-state index contributed by atoms with van der Waals surface area (Å²) >= 11 is 7.02. The number of anilines is 2. The number of thiazole rings is 1. The second-order valence-electron chi connectivity index (χ2n) is 8.08. The highest BCUT2D eigenvalue weighted by Gasteiger charge is 2.41. The summed E-state index contributed by atoms with van der Waals surface area (Å²) in [5.41, 5.74) is 1.40. The number of rotatable bonds is 6. The molecular formula is C21H21ClFN5O5S3. The monoisotopic (exact) mass is 573 g/mol. The molecule has 3 aromatic rings. The summed E-state index contributed by atoms with van der Waals surface area (Å²) in [6.45, 7) is 0. The van der Waals surface area contributed by atoms with Gasteiger partial charge in [-0.3, -0.25) is 9.52 Å². The molecule has 1 aromatic heterocycles. The first-order chi connectivity index (χ1) is 16.8. The Labute approximate surface area is 216 Å². The molecule has 4 rings (SSSR count). The maximum absolute atomic E-state index is 13.4. The van der Waals surface area contributed by atoms with E-state index in [4.69, 9.17) is 11.6 Å². The highest BCUT2D eigenvalue weighted by atomic mass is 35.5. The minimum absolute atomic E-state index is 0.0979. The van der Waals surface area contributed by atoms with E-state index < -0.39 is 44.0 Å². The summed E-state index contributed by atoms with van der Waals surface area (Å²) in [7, 11) is -6.11. The molecule has 0 bridgehead atoms. The minimum Gasteiger partial charge on any atom is -0.325 e. The van der Waals surface area contributed by atoms with Gasteiger partial charge in [-0.15, -0.1) is 11.3 Å². The van der Waals surface area contributed by atoms with Crippen molar-refractivity contribution in [2.75, 3.05) is 23.3 Å². The van der Waals surface area contributed by atoms with Gasteiger partial charge in [0.15, 0.2) is 0 Å². The number of hydrogen-bond donors (Lipinski definition) is 3. The van der Waals surface area contributed by atoms with Crippen molar-refractivity contribution >= 4 is 60.5 Å². The number of benzene rings is 2. The van der Waals surface area contributed by atoms with Crippen LogP contribution in [0.3, 0.4) is 0 Å². The standard InChI is InChI=1S/C21H21ClFN5O5S3/c1-28-18(20(29)25-14-7-8-16(23)15(22)9-14)10-17(27-36(28,32)33)21-24-11-19(34-21)12-3-5-13(6-4-12)26-35(2,30)31/h3-9,11,17-18,26-27H,10H2,1-2H3,(H,25,29)/t17-,18+/m0/s1. The predicted octanol–water partition coefficient (Wildman–Crippen LogP) is 3.19. The fourth-order valence-corrected chi connectivity index (χ4v) is 6.63. The number of carbonyl (C=O) groups excluding carboxylic acids is 1. The number of nitrogens with one attached hydrogen (secondary N) is 3. The SMILES string of the molecule is CN1[C@@H](C(=O)Nc2ccc(F)c(Cl)c2)C[C@@H](c2ncc(-c3ccc(NS(C)(=O)=O)cc3)s2)NS1(=O)=O. The zero-order chi connectivity index (χ0) is 26.3. The van der Waals surface area contributed by atoms with Crippen LogP contribution < -0.4 is 14.8 Å². The van der Waals surface area contributed by atoms with Crippen molar-refractivity contribution < 1.29 is 26.0 Å². The molecule has 3 N–H and O–H groups in total. The topological polar surface area (TPSA) is 138 Å². The van der Waals surface area contributed by atoms with Gasteiger partial charge in [-0.25, -0.2) is 17.8 Å². The van der Waals surface area contributed by atoms with Gasteiger partial charge < -0.3 is 5.32 Å². The van der Waals surface area contributed by atoms with Crippen molar-refractivity contribution in [2.24, 2.45) is 0 Å². The Bertz CT molecular complexity index is 1510. The zero-order valence-corrected chi connectivity index (χ0v) is 22.1. The molecule has 1 aliphatic rings. The maximum Gasteiger partial charge on any atom is 0.280 e. The molecule has 36 heavy (non-hydrogen) atoms. The third-order valence-corrected chi connectivity index (χ3v) is 9.00. The van der Waals surface area contributed by atoms with Gasteiger partial charge in [-0.05, 0) is 42.3 Å². The van der Waals surface area contributed by atoms with E-state index in [-0.39, 0.29) is 17.1 Å². The van der Waals surface area contributed by atoms with Gasteiger partial charge in [-0.1, -0.05) is 23.7 Å². The van der Waals surface area contributed by atoms with Crippen LogP contribution in [0.1, 0.15) is 17.5 Å². The van der Waals surface area contributed by atoms with Crippen LogP contribution in [0.5, 0.6) is 0 Å². The third kappa shape index (κ3) is 6.02. The molecule has 1 aliphatic heterocycles. The van der Waals surface area contributed by atoms with Gasteiger partial charge in [0.2, 0.25) is 15.9 Å². The molecule has 1 fully saturated rings. The van der Waals surface area contributed by atoms with E-state index >= 15 is 0 Å². The first-order valence-corrected chi connectivity index (χ1v) is 14.9. The lowest BCUT2D eigenvalue weighted by Gasteiger charge is -2.35. The number of nitrogens with zero attached hydrogens (tertiary/aromatic N) is 2. The minimum atomic E-state index is -4.00. The van der Waals surface area contributed by atoms with Crippen molar-refractivity contribution in [2.45, 2.75) is 18.5 Å². The molecule has 0 radical (unpaired) electrons. The highest BCUT2D eigenvalue weighted by molar-refractivity contribution is 7.92. The highest BCUT2D eigenvalue weighted by Crippen LogP contribution is 2.35. The summed E-state index contributed by atoms with van der Waals surface area (Å²) in [6, 6.07) is 8.50. The van der Waals surface area contributed by atoms with Crippen LogP contribution in [0.15, 0.2) is 48.7 Å². The number of carbonyl (C=O) groups is 1. The molecule has 0 saturated carbocycles. The summed E-state index contributed by atoms with van der Waals surface area (Å²) < 4.78 is 67.6. The average Bonchev–Trinajstić information content (AvgIpc) is 3.28. The third-order valence-electron chi connectivity index (χ3n) is 5.35. The molecule has 10 nitrogen and oxygen atoms in total. The molecule has 0 spiro atoms. The van der Waals surface area contributed by atoms with Gasteiger partial charge in [0.25, 0.3) is 10.2 Å². The van der Waals surface area contributed by atoms with Crippen molar-refractivity contribution in [3.05, 3.63) is 64.5 Å². The molecule has 0 aliphatic carbocycles. The fourth-order valence-electron chi connectivity index (χ4n) is 3.57. The first-order valence-electron chi connectivity index (χ1n) is 10.4. The molecule has 0 unspecified atom stereocenters. The fraction of sp³-hybridized carbons (Fsp3) is 0.238. The van der Waals surface area contributed by atoms with Gasteiger partial charge in [0.05, 0.1) is 22.2 Å². The van der Waals surface area contributed by atoms with Crippen LogP contribution in [0.2, 0.25) is 5.02 Å². The molecule has 15 heteroatoms. The van der Waals surface area contributed by atoms with Crippen LogP contribution >= 0.6 is 22.9 Å². The van der Waals surface area contributed by atoms with E-state index in [1.54, 1.807) is 30.5 Å². The van der Waals surface area contributed by atoms with Gasteiger partial charge in [-0.2, -0.15) is 17.4 Å². The van der Waals surface area contributed by atoms with Crippen molar-refractivity contribution in [1.82, 2.24) is 14.0 Å². The first kappa shape index (κ1) is 26.4. The van der Waals surface area contributed by atoms with Crippen LogP contribution in [-0.2, 0) is 25.0 Å². The number of hydrogen-bond acceptors (Lipinski definition) is 7. The molecule has 2 aromatic carbocycles. The molecule has 1 amide bonds. The second kappa shape index (κ2) is 10.0. The van der Waals surface area contributed by atoms with E-state index in [9.17, 15) is 26.0 Å². The average molecular weight is 574 g/mol. The van der Waals surface area contributed by atoms with E-state index in [0.29, 0.717) is 10.7 Å². The Morgan fingerprint density at radius 1 is 1.22 bits per heavy atom. The summed E-state index contributed by atoms with van der Waals surface area (Å²) in [6.07, 6.45) is 2.74. The van der Waals surface area contributed by atoms with E-state index in [0.717, 1.165) is 27.1 Å². The van der Waals surface area contributed by atoms with Crippen LogP contribution in [-0.4, -0.2) is 51.4 Å². The van der Waals surface area contributed by atoms with Gasteiger partial charge in [0.1, 0.15) is 16.9 Å². The Morgan fingerprint density at radius 2 is 1.89 bits per heavy atom. The maximum atomic E-state index is 13.4. The largest absolute Gasteiger partial charge is 0.325 e. The van der Waals surface area contributed by atoms with Crippen molar-refractivity contribution in [3.8, 4) is 10.4 Å². The van der Waals surface area contributed by atoms with E-state index in [2.05, 4.69) is 19.7 Å². The van der Waals surface area contributed by atoms with Crippen molar-refractivity contribution in [3.63, 3.8) is 0 Å².